The van der Waals surface area contributed by atoms with E-state index in [1.807, 2.05) is 40.8 Å². The van der Waals surface area contributed by atoms with Crippen LogP contribution in [0.25, 0.3) is 6.08 Å². The van der Waals surface area contributed by atoms with Crippen molar-refractivity contribution in [1.29, 1.82) is 0 Å². The molecule has 1 aromatic rings. The Morgan fingerprint density at radius 1 is 1.50 bits per heavy atom. The van der Waals surface area contributed by atoms with E-state index in [1.165, 1.54) is 0 Å². The van der Waals surface area contributed by atoms with Gasteiger partial charge >= 0.3 is 0 Å². The number of hydrogen-bond acceptors (Lipinski definition) is 2. The molecule has 1 heterocycles. The molecule has 1 rings (SSSR count). The fourth-order valence-corrected chi connectivity index (χ4v) is 0.939. The van der Waals surface area contributed by atoms with Gasteiger partial charge in [0.15, 0.2) is 5.82 Å². The van der Waals surface area contributed by atoms with Gasteiger partial charge in [-0.1, -0.05) is 20.4 Å². The van der Waals surface area contributed by atoms with Gasteiger partial charge in [0.05, 0.1) is 11.9 Å². The molecule has 14 heavy (non-hydrogen) atoms. The predicted octanol–water partition coefficient (Wildman–Crippen LogP) is 3.10. The second kappa shape index (κ2) is 6.13. The average Bonchev–Trinajstić information content (AvgIpc) is 2.48. The van der Waals surface area contributed by atoms with Crippen LogP contribution >= 0.6 is 0 Å². The Hall–Kier alpha value is -1.38. The van der Waals surface area contributed by atoms with Crippen molar-refractivity contribution < 1.29 is 0 Å². The lowest BCUT2D eigenvalue weighted by Crippen LogP contribution is -1.94. The molecule has 0 spiro atoms. The van der Waals surface area contributed by atoms with Crippen molar-refractivity contribution in [2.24, 2.45) is 5.10 Å². The molecule has 0 aliphatic carbocycles. The lowest BCUT2D eigenvalue weighted by molar-refractivity contribution is 0.858. The summed E-state index contributed by atoms with van der Waals surface area (Å²) in [6.07, 6.45) is 3.57. The van der Waals surface area contributed by atoms with Gasteiger partial charge in [-0.05, 0) is 26.8 Å². The van der Waals surface area contributed by atoms with Crippen LogP contribution in [0.1, 0.15) is 39.2 Å². The first-order chi connectivity index (χ1) is 6.63. The van der Waals surface area contributed by atoms with E-state index in [9.17, 15) is 0 Å². The van der Waals surface area contributed by atoms with E-state index in [1.54, 1.807) is 10.8 Å². The average molecular weight is 193 g/mol. The third kappa shape index (κ3) is 3.56. The lowest BCUT2D eigenvalue weighted by Gasteiger charge is -1.95. The Bertz CT molecular complexity index is 317. The van der Waals surface area contributed by atoms with Crippen LogP contribution in [0.3, 0.4) is 0 Å². The summed E-state index contributed by atoms with van der Waals surface area (Å²) in [5.41, 5.74) is 1.95. The highest BCUT2D eigenvalue weighted by atomic mass is 15.4. The first-order valence-corrected chi connectivity index (χ1v) is 4.84. The van der Waals surface area contributed by atoms with Crippen molar-refractivity contribution in [3.05, 3.63) is 24.3 Å². The van der Waals surface area contributed by atoms with E-state index >= 15 is 0 Å². The van der Waals surface area contributed by atoms with Crippen LogP contribution in [0.5, 0.6) is 0 Å². The number of aryl methyl sites for hydroxylation is 1. The van der Waals surface area contributed by atoms with Crippen molar-refractivity contribution in [2.45, 2.75) is 34.6 Å². The minimum absolute atomic E-state index is 0.786. The minimum Gasteiger partial charge on any atom is -0.232 e. The molecule has 1 aromatic heterocycles. The van der Waals surface area contributed by atoms with Gasteiger partial charge in [-0.2, -0.15) is 5.10 Å². The molecule has 0 unspecified atom stereocenters. The molecule has 78 valence electrons. The molecule has 0 bridgehead atoms. The van der Waals surface area contributed by atoms with Crippen molar-refractivity contribution in [2.75, 3.05) is 0 Å². The molecule has 0 aliphatic rings. The topological polar surface area (TPSA) is 30.2 Å². The van der Waals surface area contributed by atoms with Gasteiger partial charge in [-0.3, -0.25) is 0 Å². The van der Waals surface area contributed by atoms with E-state index in [0.717, 1.165) is 17.2 Å². The van der Waals surface area contributed by atoms with Crippen LogP contribution in [0.4, 0.5) is 0 Å². The molecule has 0 N–H and O–H groups in total. The van der Waals surface area contributed by atoms with Crippen LogP contribution in [-0.2, 0) is 0 Å². The van der Waals surface area contributed by atoms with Gasteiger partial charge in [-0.15, -0.1) is 0 Å². The summed E-state index contributed by atoms with van der Waals surface area (Å²) in [7, 11) is 0. The number of rotatable bonds is 2. The standard InChI is InChI=1S/C9H13N3.C2H6/c1-5-9-10-8(4)6-12(9)11-7(2)3;1-2/h5-6H,1H2,2-4H3;1-2H3. The third-order valence-corrected chi connectivity index (χ3v) is 1.33. The van der Waals surface area contributed by atoms with E-state index in [0.29, 0.717) is 0 Å². The number of hydrogen-bond donors (Lipinski definition) is 0. The zero-order valence-electron chi connectivity index (χ0n) is 9.70. The molecular formula is C11H19N3. The van der Waals surface area contributed by atoms with E-state index in [4.69, 9.17) is 0 Å². The predicted molar refractivity (Wildman–Crippen MR) is 62.6 cm³/mol. The molecule has 0 aromatic carbocycles. The van der Waals surface area contributed by atoms with Gasteiger partial charge in [-0.25, -0.2) is 9.66 Å². The Morgan fingerprint density at radius 3 is 2.50 bits per heavy atom. The van der Waals surface area contributed by atoms with Crippen LogP contribution in [0, 0.1) is 6.92 Å². The highest BCUT2D eigenvalue weighted by molar-refractivity contribution is 5.79. The maximum atomic E-state index is 4.25. The van der Waals surface area contributed by atoms with Gasteiger partial charge in [0.25, 0.3) is 0 Å². The van der Waals surface area contributed by atoms with E-state index in [2.05, 4.69) is 16.7 Å². The highest BCUT2D eigenvalue weighted by Crippen LogP contribution is 2.03. The Morgan fingerprint density at radius 2 is 2.07 bits per heavy atom. The van der Waals surface area contributed by atoms with Gasteiger partial charge in [0, 0.05) is 5.71 Å². The molecule has 0 saturated heterocycles. The monoisotopic (exact) mass is 193 g/mol. The number of nitrogens with zero attached hydrogens (tertiary/aromatic N) is 3. The van der Waals surface area contributed by atoms with Crippen molar-refractivity contribution >= 4 is 11.8 Å². The Balaban J connectivity index is 0.000000791. The molecule has 0 radical (unpaired) electrons. The summed E-state index contributed by atoms with van der Waals surface area (Å²) in [6, 6.07) is 0. The Labute approximate surface area is 86.2 Å². The summed E-state index contributed by atoms with van der Waals surface area (Å²) in [4.78, 5) is 4.22. The van der Waals surface area contributed by atoms with Crippen molar-refractivity contribution in [3.8, 4) is 0 Å². The molecule has 3 heteroatoms. The summed E-state index contributed by atoms with van der Waals surface area (Å²) >= 11 is 0. The number of imidazole rings is 1. The lowest BCUT2D eigenvalue weighted by atomic mass is 10.5. The highest BCUT2D eigenvalue weighted by Gasteiger charge is 1.98. The van der Waals surface area contributed by atoms with Crippen molar-refractivity contribution in [1.82, 2.24) is 9.66 Å². The fourth-order valence-electron chi connectivity index (χ4n) is 0.939. The molecular weight excluding hydrogens is 174 g/mol. The quantitative estimate of drug-likeness (QED) is 0.664. The molecule has 0 aliphatic heterocycles. The minimum atomic E-state index is 0.786. The van der Waals surface area contributed by atoms with Gasteiger partial charge in [0.1, 0.15) is 0 Å². The summed E-state index contributed by atoms with van der Waals surface area (Å²) in [5, 5.41) is 4.25. The summed E-state index contributed by atoms with van der Waals surface area (Å²) in [5.74, 6) is 0.786. The third-order valence-electron chi connectivity index (χ3n) is 1.33. The Kier molecular flexibility index (Phi) is 5.53. The molecule has 0 amide bonds. The normalized spacial score (nSPS) is 8.64. The molecule has 3 nitrogen and oxygen atoms in total. The van der Waals surface area contributed by atoms with Crippen LogP contribution < -0.4 is 0 Å². The second-order valence-electron chi connectivity index (χ2n) is 2.84. The zero-order chi connectivity index (χ0) is 11.1. The smallest absolute Gasteiger partial charge is 0.153 e. The molecule has 0 fully saturated rings. The maximum absolute atomic E-state index is 4.25. The van der Waals surface area contributed by atoms with Crippen LogP contribution in [0.15, 0.2) is 17.9 Å². The largest absolute Gasteiger partial charge is 0.232 e. The van der Waals surface area contributed by atoms with Crippen molar-refractivity contribution in [3.63, 3.8) is 0 Å². The first kappa shape index (κ1) is 12.6. The summed E-state index contributed by atoms with van der Waals surface area (Å²) in [6.45, 7) is 13.5. The first-order valence-electron chi connectivity index (χ1n) is 4.84. The van der Waals surface area contributed by atoms with Crippen LogP contribution in [-0.4, -0.2) is 15.4 Å². The van der Waals surface area contributed by atoms with Gasteiger partial charge < -0.3 is 0 Å². The molecule has 0 atom stereocenters. The van der Waals surface area contributed by atoms with E-state index in [-0.39, 0.29) is 0 Å². The second-order valence-corrected chi connectivity index (χ2v) is 2.84. The van der Waals surface area contributed by atoms with Crippen LogP contribution in [0.2, 0.25) is 0 Å². The van der Waals surface area contributed by atoms with E-state index < -0.39 is 0 Å². The molecule has 0 saturated carbocycles. The summed E-state index contributed by atoms with van der Waals surface area (Å²) < 4.78 is 1.73. The fraction of sp³-hybridized carbons (Fsp3) is 0.455. The zero-order valence-corrected chi connectivity index (χ0v) is 9.70. The maximum Gasteiger partial charge on any atom is 0.153 e. The SMILES string of the molecule is C=Cc1nc(C)cn1N=C(C)C.CC. The van der Waals surface area contributed by atoms with Gasteiger partial charge in [0.2, 0.25) is 0 Å². The number of aromatic nitrogens is 2.